The maximum atomic E-state index is 13.3. The Morgan fingerprint density at radius 2 is 1.32 bits per heavy atom. The van der Waals surface area contributed by atoms with Gasteiger partial charge in [0.25, 0.3) is 0 Å². The van der Waals surface area contributed by atoms with Crippen molar-refractivity contribution >= 4 is 12.9 Å². The molecule has 2 aromatic carbocycles. The second kappa shape index (κ2) is 6.21. The van der Waals surface area contributed by atoms with Gasteiger partial charge in [0, 0.05) is 11.1 Å². The van der Waals surface area contributed by atoms with Crippen LogP contribution in [0, 0.1) is 0 Å². The van der Waals surface area contributed by atoms with Gasteiger partial charge in [-0.2, -0.15) is 0 Å². The summed E-state index contributed by atoms with van der Waals surface area (Å²) in [4.78, 5) is 10.9. The van der Waals surface area contributed by atoms with E-state index < -0.39 is 7.60 Å². The highest BCUT2D eigenvalue weighted by Crippen LogP contribution is 2.55. The van der Waals surface area contributed by atoms with Crippen molar-refractivity contribution < 1.29 is 14.0 Å². The van der Waals surface area contributed by atoms with Crippen LogP contribution in [0.4, 0.5) is 0 Å². The third-order valence-electron chi connectivity index (χ3n) is 5.43. The molecule has 0 aromatic heterocycles. The lowest BCUT2D eigenvalue weighted by atomic mass is 9.78. The molecule has 152 valence electrons. The molecular weight excluding hydrogens is 367 g/mol. The first kappa shape index (κ1) is 21.1. The largest absolute Gasteiger partial charge is 0.421 e. The number of benzene rings is 2. The van der Waals surface area contributed by atoms with Crippen LogP contribution in [0.25, 0.3) is 11.1 Å². The van der Waals surface area contributed by atoms with Crippen molar-refractivity contribution in [2.24, 2.45) is 0 Å². The molecular formula is C24H33O3P. The average Bonchev–Trinajstić information content (AvgIpc) is 2.50. The van der Waals surface area contributed by atoms with Crippen LogP contribution in [0.1, 0.15) is 79.0 Å². The third-order valence-corrected chi connectivity index (χ3v) is 6.92. The first-order valence-corrected chi connectivity index (χ1v) is 11.5. The molecule has 1 aliphatic rings. The Hall–Kier alpha value is -1.57. The van der Waals surface area contributed by atoms with Crippen LogP contribution >= 0.6 is 7.60 Å². The van der Waals surface area contributed by atoms with E-state index in [-0.39, 0.29) is 16.2 Å². The van der Waals surface area contributed by atoms with Gasteiger partial charge >= 0.3 is 7.60 Å². The van der Waals surface area contributed by atoms with Gasteiger partial charge in [-0.15, -0.1) is 0 Å². The van der Waals surface area contributed by atoms with Crippen molar-refractivity contribution in [3.63, 3.8) is 0 Å². The second-order valence-electron chi connectivity index (χ2n) is 11.0. The molecule has 0 aliphatic carbocycles. The molecule has 0 spiro atoms. The van der Waals surface area contributed by atoms with E-state index in [0.29, 0.717) is 11.1 Å². The van der Waals surface area contributed by atoms with Gasteiger partial charge < -0.3 is 9.42 Å². The topological polar surface area (TPSA) is 46.5 Å². The first-order valence-electron chi connectivity index (χ1n) is 9.89. The predicted octanol–water partition coefficient (Wildman–Crippen LogP) is 6.45. The summed E-state index contributed by atoms with van der Waals surface area (Å²) >= 11 is 0. The van der Waals surface area contributed by atoms with Crippen LogP contribution in [0.5, 0.6) is 5.75 Å². The zero-order valence-electron chi connectivity index (χ0n) is 18.6. The van der Waals surface area contributed by atoms with E-state index in [1.165, 1.54) is 0 Å². The summed E-state index contributed by atoms with van der Waals surface area (Å²) in [7, 11) is -3.99. The first-order chi connectivity index (χ1) is 12.5. The van der Waals surface area contributed by atoms with Crippen molar-refractivity contribution in [1.82, 2.24) is 0 Å². The van der Waals surface area contributed by atoms with E-state index in [0.717, 1.165) is 27.8 Å². The van der Waals surface area contributed by atoms with Crippen LogP contribution in [0.15, 0.2) is 30.3 Å². The second-order valence-corrected chi connectivity index (χ2v) is 12.7. The Kier molecular flexibility index (Phi) is 4.69. The zero-order chi connectivity index (χ0) is 21.3. The summed E-state index contributed by atoms with van der Waals surface area (Å²) in [6.45, 7) is 19.1. The van der Waals surface area contributed by atoms with Gasteiger partial charge in [-0.1, -0.05) is 80.5 Å². The Morgan fingerprint density at radius 3 is 1.82 bits per heavy atom. The van der Waals surface area contributed by atoms with Gasteiger partial charge in [0.05, 0.1) is 5.30 Å². The Morgan fingerprint density at radius 1 is 0.750 bits per heavy atom. The van der Waals surface area contributed by atoms with Gasteiger partial charge in [0.15, 0.2) is 0 Å². The highest BCUT2D eigenvalue weighted by molar-refractivity contribution is 7.62. The van der Waals surface area contributed by atoms with Crippen molar-refractivity contribution in [3.05, 3.63) is 47.0 Å². The molecule has 3 rings (SSSR count). The molecule has 1 aliphatic heterocycles. The van der Waals surface area contributed by atoms with E-state index in [1.54, 1.807) is 0 Å². The summed E-state index contributed by atoms with van der Waals surface area (Å²) < 4.78 is 19.1. The summed E-state index contributed by atoms with van der Waals surface area (Å²) in [5.74, 6) is 0.497. The minimum absolute atomic E-state index is 0.0675. The molecule has 1 N–H and O–H groups in total. The molecule has 0 fully saturated rings. The van der Waals surface area contributed by atoms with Crippen LogP contribution in [0.3, 0.4) is 0 Å². The van der Waals surface area contributed by atoms with Crippen LogP contribution in [-0.2, 0) is 20.8 Å². The lowest BCUT2D eigenvalue weighted by molar-refractivity contribution is 0.390. The molecule has 1 unspecified atom stereocenters. The summed E-state index contributed by atoms with van der Waals surface area (Å²) in [5.41, 5.74) is 4.41. The zero-order valence-corrected chi connectivity index (χ0v) is 19.5. The molecule has 0 bridgehead atoms. The Labute approximate surface area is 169 Å². The monoisotopic (exact) mass is 400 g/mol. The van der Waals surface area contributed by atoms with Gasteiger partial charge in [-0.25, -0.2) is 4.57 Å². The van der Waals surface area contributed by atoms with Crippen LogP contribution < -0.4 is 9.83 Å². The van der Waals surface area contributed by atoms with Crippen molar-refractivity contribution in [3.8, 4) is 16.9 Å². The number of fused-ring (bicyclic) bond motifs is 3. The summed E-state index contributed by atoms with van der Waals surface area (Å²) in [6, 6.07) is 10.2. The maximum absolute atomic E-state index is 13.3. The fourth-order valence-electron chi connectivity index (χ4n) is 3.61. The number of rotatable bonds is 0. The van der Waals surface area contributed by atoms with Crippen molar-refractivity contribution in [1.29, 1.82) is 0 Å². The fourth-order valence-corrected chi connectivity index (χ4v) is 5.32. The van der Waals surface area contributed by atoms with Gasteiger partial charge in [-0.05, 0) is 45.1 Å². The summed E-state index contributed by atoms with van der Waals surface area (Å²) in [6.07, 6.45) is 0. The fraction of sp³-hybridized carbons (Fsp3) is 0.500. The smallest absolute Gasteiger partial charge is 0.409 e. The Balaban J connectivity index is 2.41. The molecule has 0 amide bonds. The highest BCUT2D eigenvalue weighted by Gasteiger charge is 2.40. The SMILES string of the molecule is CC(C)(C)c1ccc2c(c1)OP(=O)(O)c1c-2cc(C(C)(C)C)cc1C(C)(C)C. The van der Waals surface area contributed by atoms with E-state index in [9.17, 15) is 9.46 Å². The van der Waals surface area contributed by atoms with E-state index in [2.05, 4.69) is 80.5 Å². The van der Waals surface area contributed by atoms with Gasteiger partial charge in [-0.3, -0.25) is 0 Å². The lowest BCUT2D eigenvalue weighted by Gasteiger charge is -2.34. The minimum Gasteiger partial charge on any atom is -0.421 e. The quantitative estimate of drug-likeness (QED) is 0.517. The van der Waals surface area contributed by atoms with Gasteiger partial charge in [0.2, 0.25) is 0 Å². The third kappa shape index (κ3) is 3.67. The normalized spacial score (nSPS) is 19.6. The molecule has 2 aromatic rings. The van der Waals surface area contributed by atoms with E-state index >= 15 is 0 Å². The van der Waals surface area contributed by atoms with Crippen LogP contribution in [0.2, 0.25) is 0 Å². The number of hydrogen-bond acceptors (Lipinski definition) is 2. The molecule has 0 saturated heterocycles. The molecule has 1 atom stereocenters. The predicted molar refractivity (Wildman–Crippen MR) is 118 cm³/mol. The molecule has 3 nitrogen and oxygen atoms in total. The highest BCUT2D eigenvalue weighted by atomic mass is 31.2. The maximum Gasteiger partial charge on any atom is 0.409 e. The number of hydrogen-bond donors (Lipinski definition) is 1. The standard InChI is InChI=1S/C24H33O3P/c1-22(2,3)15-10-11-17-18-12-16(23(4,5)6)13-19(24(7,8)9)21(18)28(25,26)27-20(17)14-15/h10-14H,1-9H3,(H,25,26). The molecule has 28 heavy (non-hydrogen) atoms. The molecule has 0 radical (unpaired) electrons. The minimum atomic E-state index is -3.99. The van der Waals surface area contributed by atoms with Gasteiger partial charge in [0.1, 0.15) is 5.75 Å². The van der Waals surface area contributed by atoms with E-state index in [1.807, 2.05) is 12.1 Å². The average molecular weight is 400 g/mol. The molecule has 4 heteroatoms. The van der Waals surface area contributed by atoms with Crippen molar-refractivity contribution in [2.45, 2.75) is 78.6 Å². The Bertz CT molecular complexity index is 983. The van der Waals surface area contributed by atoms with Crippen molar-refractivity contribution in [2.75, 3.05) is 0 Å². The lowest BCUT2D eigenvalue weighted by Crippen LogP contribution is -2.30. The van der Waals surface area contributed by atoms with Crippen LogP contribution in [-0.4, -0.2) is 4.89 Å². The molecule has 1 heterocycles. The van der Waals surface area contributed by atoms with E-state index in [4.69, 9.17) is 4.52 Å². The summed E-state index contributed by atoms with van der Waals surface area (Å²) in [5, 5.41) is 0.448. The molecule has 0 saturated carbocycles.